The number of hydrogen-bond acceptors (Lipinski definition) is 2. The molecule has 0 aliphatic heterocycles. The van der Waals surface area contributed by atoms with Crippen molar-refractivity contribution < 1.29 is 5.11 Å². The van der Waals surface area contributed by atoms with Crippen molar-refractivity contribution in [3.63, 3.8) is 0 Å². The molecule has 0 saturated carbocycles. The number of aromatic nitrogens is 2. The summed E-state index contributed by atoms with van der Waals surface area (Å²) >= 11 is 6.09. The van der Waals surface area contributed by atoms with Crippen molar-refractivity contribution in [2.75, 3.05) is 0 Å². The van der Waals surface area contributed by atoms with E-state index in [0.717, 1.165) is 29.1 Å². The van der Waals surface area contributed by atoms with Gasteiger partial charge in [-0.15, -0.1) is 0 Å². The van der Waals surface area contributed by atoms with Crippen molar-refractivity contribution in [3.05, 3.63) is 51.8 Å². The lowest BCUT2D eigenvalue weighted by molar-refractivity contribution is 0.174. The molecule has 0 amide bonds. The molecule has 0 bridgehead atoms. The highest BCUT2D eigenvalue weighted by molar-refractivity contribution is 6.31. The molecule has 1 unspecified atom stereocenters. The van der Waals surface area contributed by atoms with Gasteiger partial charge in [0.2, 0.25) is 0 Å². The molecule has 3 nitrogen and oxygen atoms in total. The van der Waals surface area contributed by atoms with Crippen LogP contribution < -0.4 is 0 Å². The lowest BCUT2D eigenvalue weighted by atomic mass is 10.00. The van der Waals surface area contributed by atoms with Crippen LogP contribution in [0.3, 0.4) is 0 Å². The minimum atomic E-state index is -0.555. The van der Waals surface area contributed by atoms with E-state index in [-0.39, 0.29) is 0 Å². The van der Waals surface area contributed by atoms with Crippen molar-refractivity contribution in [1.29, 1.82) is 0 Å². The van der Waals surface area contributed by atoms with E-state index < -0.39 is 6.10 Å². The monoisotopic (exact) mass is 278 g/mol. The van der Waals surface area contributed by atoms with Crippen LogP contribution >= 0.6 is 11.6 Å². The Morgan fingerprint density at radius 2 is 2.11 bits per heavy atom. The lowest BCUT2D eigenvalue weighted by Crippen LogP contribution is -2.09. The van der Waals surface area contributed by atoms with Crippen LogP contribution in [0.5, 0.6) is 0 Å². The van der Waals surface area contributed by atoms with Crippen LogP contribution in [0.25, 0.3) is 0 Å². The molecule has 19 heavy (non-hydrogen) atoms. The summed E-state index contributed by atoms with van der Waals surface area (Å²) in [5, 5.41) is 15.5. The second-order valence-electron chi connectivity index (χ2n) is 4.77. The third kappa shape index (κ3) is 2.99. The van der Waals surface area contributed by atoms with Crippen LogP contribution in [-0.2, 0) is 13.0 Å². The number of aliphatic hydroxyl groups is 1. The Labute approximate surface area is 118 Å². The van der Waals surface area contributed by atoms with Crippen LogP contribution in [0.4, 0.5) is 0 Å². The number of aliphatic hydroxyl groups excluding tert-OH is 1. The van der Waals surface area contributed by atoms with Gasteiger partial charge in [-0.2, -0.15) is 5.10 Å². The standard InChI is InChI=1S/C15H19ClN2O/c1-4-18-12(8-10(2)17-18)9-15(19)13-6-5-7-14(16)11(13)3/h5-8,15,19H,4,9H2,1-3H3. The van der Waals surface area contributed by atoms with Gasteiger partial charge in [0, 0.05) is 23.7 Å². The van der Waals surface area contributed by atoms with E-state index in [1.54, 1.807) is 0 Å². The van der Waals surface area contributed by atoms with Crippen molar-refractivity contribution >= 4 is 11.6 Å². The molecule has 0 spiro atoms. The number of rotatable bonds is 4. The van der Waals surface area contributed by atoms with Crippen molar-refractivity contribution in [2.45, 2.75) is 39.8 Å². The van der Waals surface area contributed by atoms with Crippen molar-refractivity contribution in [3.8, 4) is 0 Å². The Balaban J connectivity index is 2.25. The minimum Gasteiger partial charge on any atom is -0.388 e. The zero-order valence-electron chi connectivity index (χ0n) is 11.5. The first-order valence-corrected chi connectivity index (χ1v) is 6.87. The van der Waals surface area contributed by atoms with Gasteiger partial charge in [-0.3, -0.25) is 4.68 Å². The van der Waals surface area contributed by atoms with Crippen LogP contribution in [0, 0.1) is 13.8 Å². The van der Waals surface area contributed by atoms with E-state index in [1.165, 1.54) is 0 Å². The molecule has 4 heteroatoms. The highest BCUT2D eigenvalue weighted by Gasteiger charge is 2.15. The van der Waals surface area contributed by atoms with E-state index in [0.29, 0.717) is 11.4 Å². The van der Waals surface area contributed by atoms with Crippen LogP contribution in [-0.4, -0.2) is 14.9 Å². The maximum absolute atomic E-state index is 10.4. The summed E-state index contributed by atoms with van der Waals surface area (Å²) in [4.78, 5) is 0. The predicted molar refractivity (Wildman–Crippen MR) is 77.5 cm³/mol. The molecular formula is C15H19ClN2O. The first kappa shape index (κ1) is 14.1. The quantitative estimate of drug-likeness (QED) is 0.930. The molecule has 1 N–H and O–H groups in total. The third-order valence-electron chi connectivity index (χ3n) is 3.36. The van der Waals surface area contributed by atoms with Gasteiger partial charge in [-0.25, -0.2) is 0 Å². The second kappa shape index (κ2) is 5.76. The fourth-order valence-corrected chi connectivity index (χ4v) is 2.51. The van der Waals surface area contributed by atoms with E-state index in [4.69, 9.17) is 11.6 Å². The van der Waals surface area contributed by atoms with E-state index in [1.807, 2.05) is 49.7 Å². The fraction of sp³-hybridized carbons (Fsp3) is 0.400. The number of hydrogen-bond donors (Lipinski definition) is 1. The largest absolute Gasteiger partial charge is 0.388 e. The molecule has 0 aliphatic carbocycles. The molecule has 0 saturated heterocycles. The number of nitrogens with zero attached hydrogens (tertiary/aromatic N) is 2. The second-order valence-corrected chi connectivity index (χ2v) is 5.17. The lowest BCUT2D eigenvalue weighted by Gasteiger charge is -2.15. The third-order valence-corrected chi connectivity index (χ3v) is 3.77. The Morgan fingerprint density at radius 3 is 2.79 bits per heavy atom. The maximum atomic E-state index is 10.4. The molecule has 0 fully saturated rings. The smallest absolute Gasteiger partial charge is 0.0848 e. The topological polar surface area (TPSA) is 38.0 Å². The van der Waals surface area contributed by atoms with Gasteiger partial charge in [0.1, 0.15) is 0 Å². The van der Waals surface area contributed by atoms with Crippen LogP contribution in [0.2, 0.25) is 5.02 Å². The zero-order valence-corrected chi connectivity index (χ0v) is 12.3. The number of aryl methyl sites for hydroxylation is 2. The molecule has 0 radical (unpaired) electrons. The molecule has 2 rings (SSSR count). The zero-order chi connectivity index (χ0) is 14.0. The number of halogens is 1. The maximum Gasteiger partial charge on any atom is 0.0848 e. The molecule has 1 heterocycles. The minimum absolute atomic E-state index is 0.551. The first-order valence-electron chi connectivity index (χ1n) is 6.49. The molecule has 102 valence electrons. The van der Waals surface area contributed by atoms with Gasteiger partial charge in [-0.05, 0) is 44.0 Å². The summed E-state index contributed by atoms with van der Waals surface area (Å²) in [6.07, 6.45) is -0.00401. The highest BCUT2D eigenvalue weighted by atomic mass is 35.5. The predicted octanol–water partition coefficient (Wildman–Crippen LogP) is 3.45. The van der Waals surface area contributed by atoms with Gasteiger partial charge in [-0.1, -0.05) is 23.7 Å². The van der Waals surface area contributed by atoms with Gasteiger partial charge >= 0.3 is 0 Å². The normalized spacial score (nSPS) is 12.7. The van der Waals surface area contributed by atoms with Crippen molar-refractivity contribution in [1.82, 2.24) is 9.78 Å². The van der Waals surface area contributed by atoms with Gasteiger partial charge in [0.15, 0.2) is 0 Å². The van der Waals surface area contributed by atoms with E-state index in [2.05, 4.69) is 5.10 Å². The summed E-state index contributed by atoms with van der Waals surface area (Å²) in [5.74, 6) is 0. The van der Waals surface area contributed by atoms with E-state index >= 15 is 0 Å². The van der Waals surface area contributed by atoms with Gasteiger partial charge in [0.25, 0.3) is 0 Å². The van der Waals surface area contributed by atoms with Crippen LogP contribution in [0.1, 0.15) is 35.5 Å². The number of benzene rings is 1. The fourth-order valence-electron chi connectivity index (χ4n) is 2.33. The SMILES string of the molecule is CCn1nc(C)cc1CC(O)c1cccc(Cl)c1C. The highest BCUT2D eigenvalue weighted by Crippen LogP contribution is 2.26. The Kier molecular flexibility index (Phi) is 4.27. The summed E-state index contributed by atoms with van der Waals surface area (Å²) in [5.41, 5.74) is 3.85. The molecule has 0 aliphatic rings. The molecule has 1 aromatic heterocycles. The van der Waals surface area contributed by atoms with Gasteiger partial charge in [0.05, 0.1) is 11.8 Å². The Bertz CT molecular complexity index is 578. The molecule has 2 aromatic rings. The summed E-state index contributed by atoms with van der Waals surface area (Å²) in [6.45, 7) is 6.76. The first-order chi connectivity index (χ1) is 9.02. The van der Waals surface area contributed by atoms with Crippen LogP contribution in [0.15, 0.2) is 24.3 Å². The molecule has 1 aromatic carbocycles. The summed E-state index contributed by atoms with van der Waals surface area (Å²) < 4.78 is 1.93. The Morgan fingerprint density at radius 1 is 1.37 bits per heavy atom. The summed E-state index contributed by atoms with van der Waals surface area (Å²) in [6, 6.07) is 7.65. The average Bonchev–Trinajstić information content (AvgIpc) is 2.72. The van der Waals surface area contributed by atoms with E-state index in [9.17, 15) is 5.11 Å². The van der Waals surface area contributed by atoms with Crippen molar-refractivity contribution in [2.24, 2.45) is 0 Å². The molecule has 1 atom stereocenters. The molecular weight excluding hydrogens is 260 g/mol. The average molecular weight is 279 g/mol. The van der Waals surface area contributed by atoms with Gasteiger partial charge < -0.3 is 5.11 Å². The Hall–Kier alpha value is -1.32. The summed E-state index contributed by atoms with van der Waals surface area (Å²) in [7, 11) is 0.